The third-order valence-electron chi connectivity index (χ3n) is 5.37. The summed E-state index contributed by atoms with van der Waals surface area (Å²) in [5, 5.41) is 9.45. The first-order valence-electron chi connectivity index (χ1n) is 8.72. The Hall–Kier alpha value is -0.860. The second kappa shape index (κ2) is 7.61. The van der Waals surface area contributed by atoms with E-state index in [9.17, 15) is 5.11 Å². The van der Waals surface area contributed by atoms with Crippen LogP contribution in [0, 0.1) is 5.92 Å². The highest BCUT2D eigenvalue weighted by Crippen LogP contribution is 2.45. The Bertz CT molecular complexity index is 460. The highest BCUT2D eigenvalue weighted by atomic mass is 16.6. The minimum atomic E-state index is 0.0414. The lowest BCUT2D eigenvalue weighted by Crippen LogP contribution is -2.16. The van der Waals surface area contributed by atoms with Crippen molar-refractivity contribution in [1.82, 2.24) is 0 Å². The Balaban J connectivity index is 2.06. The number of allylic oxidation sites excluding steroid dienone is 4. The summed E-state index contributed by atoms with van der Waals surface area (Å²) in [4.78, 5) is 0. The molecule has 2 heteroatoms. The van der Waals surface area contributed by atoms with Crippen LogP contribution in [0.4, 0.5) is 0 Å². The number of rotatable bonds is 2. The molecular weight excluding hydrogens is 272 g/mol. The average molecular weight is 304 g/mol. The van der Waals surface area contributed by atoms with Crippen molar-refractivity contribution in [3.05, 3.63) is 35.5 Å². The molecule has 0 bridgehead atoms. The molecule has 3 atom stereocenters. The van der Waals surface area contributed by atoms with Crippen LogP contribution in [0.1, 0.15) is 65.7 Å². The highest BCUT2D eigenvalue weighted by Gasteiger charge is 2.51. The molecule has 0 aromatic carbocycles. The SMILES string of the molecule is C=C(CO)[C@@H]1CC/C(C)=C/CC/C(C)=C/CC[C@@]2(C)O[C@@H]2C1. The largest absolute Gasteiger partial charge is 0.392 e. The van der Waals surface area contributed by atoms with Crippen molar-refractivity contribution in [2.75, 3.05) is 6.61 Å². The number of hydrogen-bond donors (Lipinski definition) is 1. The quantitative estimate of drug-likeness (QED) is 0.578. The summed E-state index contributed by atoms with van der Waals surface area (Å²) in [5.41, 5.74) is 3.96. The van der Waals surface area contributed by atoms with Gasteiger partial charge in [0.15, 0.2) is 0 Å². The van der Waals surface area contributed by atoms with Gasteiger partial charge in [-0.25, -0.2) is 0 Å². The van der Waals surface area contributed by atoms with Crippen LogP contribution in [0.25, 0.3) is 0 Å². The molecule has 1 aliphatic heterocycles. The molecule has 1 saturated heterocycles. The van der Waals surface area contributed by atoms with Gasteiger partial charge < -0.3 is 9.84 Å². The van der Waals surface area contributed by atoms with Gasteiger partial charge in [-0.15, -0.1) is 0 Å². The van der Waals surface area contributed by atoms with E-state index in [1.54, 1.807) is 0 Å². The molecule has 0 saturated carbocycles. The van der Waals surface area contributed by atoms with Crippen molar-refractivity contribution in [1.29, 1.82) is 0 Å². The first-order chi connectivity index (χ1) is 10.4. The number of hydrogen-bond acceptors (Lipinski definition) is 2. The average Bonchev–Trinajstić information content (AvgIpc) is 3.11. The van der Waals surface area contributed by atoms with Gasteiger partial charge in [0.1, 0.15) is 0 Å². The maximum atomic E-state index is 9.45. The molecule has 0 aromatic rings. The first-order valence-corrected chi connectivity index (χ1v) is 8.72. The van der Waals surface area contributed by atoms with Crippen LogP contribution >= 0.6 is 0 Å². The zero-order chi connectivity index (χ0) is 16.2. The summed E-state index contributed by atoms with van der Waals surface area (Å²) >= 11 is 0. The molecule has 1 heterocycles. The molecule has 1 fully saturated rings. The third-order valence-corrected chi connectivity index (χ3v) is 5.37. The zero-order valence-electron chi connectivity index (χ0n) is 14.5. The van der Waals surface area contributed by atoms with Gasteiger partial charge >= 0.3 is 0 Å². The van der Waals surface area contributed by atoms with Crippen LogP contribution < -0.4 is 0 Å². The van der Waals surface area contributed by atoms with Crippen molar-refractivity contribution < 1.29 is 9.84 Å². The second-order valence-electron chi connectivity index (χ2n) is 7.39. The monoisotopic (exact) mass is 304 g/mol. The van der Waals surface area contributed by atoms with Gasteiger partial charge in [-0.1, -0.05) is 29.9 Å². The van der Waals surface area contributed by atoms with Gasteiger partial charge in [-0.05, 0) is 77.2 Å². The van der Waals surface area contributed by atoms with E-state index in [0.29, 0.717) is 12.0 Å². The van der Waals surface area contributed by atoms with E-state index in [1.165, 1.54) is 11.1 Å². The van der Waals surface area contributed by atoms with E-state index >= 15 is 0 Å². The molecule has 1 N–H and O–H groups in total. The van der Waals surface area contributed by atoms with Gasteiger partial charge in [0, 0.05) is 0 Å². The van der Waals surface area contributed by atoms with E-state index in [0.717, 1.165) is 50.5 Å². The van der Waals surface area contributed by atoms with Crippen molar-refractivity contribution in [3.8, 4) is 0 Å². The van der Waals surface area contributed by atoms with Crippen molar-refractivity contribution in [2.24, 2.45) is 5.92 Å². The van der Waals surface area contributed by atoms with Crippen LogP contribution in [-0.4, -0.2) is 23.4 Å². The van der Waals surface area contributed by atoms with Crippen LogP contribution in [0.3, 0.4) is 0 Å². The predicted octanol–water partition coefficient (Wildman–Crippen LogP) is 4.95. The topological polar surface area (TPSA) is 32.8 Å². The molecule has 0 aromatic heterocycles. The second-order valence-corrected chi connectivity index (χ2v) is 7.39. The van der Waals surface area contributed by atoms with Gasteiger partial charge in [0.2, 0.25) is 0 Å². The lowest BCUT2D eigenvalue weighted by Gasteiger charge is -2.18. The maximum absolute atomic E-state index is 9.45. The van der Waals surface area contributed by atoms with Crippen molar-refractivity contribution in [2.45, 2.75) is 77.4 Å². The summed E-state index contributed by atoms with van der Waals surface area (Å²) in [7, 11) is 0. The molecule has 22 heavy (non-hydrogen) atoms. The Morgan fingerprint density at radius 3 is 2.68 bits per heavy atom. The van der Waals surface area contributed by atoms with E-state index in [-0.39, 0.29) is 12.2 Å². The molecule has 0 spiro atoms. The summed E-state index contributed by atoms with van der Waals surface area (Å²) in [6.07, 6.45) is 12.8. The molecule has 2 rings (SSSR count). The van der Waals surface area contributed by atoms with Gasteiger partial charge in [0.25, 0.3) is 0 Å². The lowest BCUT2D eigenvalue weighted by atomic mass is 9.85. The van der Waals surface area contributed by atoms with E-state index in [1.807, 2.05) is 0 Å². The Morgan fingerprint density at radius 1 is 1.27 bits per heavy atom. The molecule has 0 amide bonds. The Kier molecular flexibility index (Phi) is 6.05. The van der Waals surface area contributed by atoms with Crippen LogP contribution in [0.5, 0.6) is 0 Å². The Morgan fingerprint density at radius 2 is 1.95 bits per heavy atom. The fourth-order valence-corrected chi connectivity index (χ4v) is 3.44. The van der Waals surface area contributed by atoms with Gasteiger partial charge in [0.05, 0.1) is 18.3 Å². The first kappa shape index (κ1) is 17.5. The molecular formula is C20H32O2. The van der Waals surface area contributed by atoms with Crippen LogP contribution in [0.15, 0.2) is 35.5 Å². The molecule has 1 aliphatic carbocycles. The normalized spacial score (nSPS) is 38.7. The number of epoxide rings is 1. The highest BCUT2D eigenvalue weighted by molar-refractivity contribution is 5.11. The number of fused-ring (bicyclic) bond motifs is 1. The Labute approximate surface area is 136 Å². The van der Waals surface area contributed by atoms with Gasteiger partial charge in [-0.2, -0.15) is 0 Å². The standard InChI is InChI=1S/C20H32O2/c1-15-7-5-8-16(2)10-11-18(17(3)14-21)13-19-20(4,22-19)12-6-9-15/h8-9,18-19,21H,3,5-7,10-14H2,1-2,4H3/b15-9+,16-8+/t18-,19-,20-/m1/s1. The predicted molar refractivity (Wildman–Crippen MR) is 92.8 cm³/mol. The van der Waals surface area contributed by atoms with E-state index in [4.69, 9.17) is 4.74 Å². The minimum Gasteiger partial charge on any atom is -0.392 e. The lowest BCUT2D eigenvalue weighted by molar-refractivity contribution is 0.279. The molecule has 124 valence electrons. The smallest absolute Gasteiger partial charge is 0.0923 e. The molecule has 2 nitrogen and oxygen atoms in total. The number of aliphatic hydroxyl groups is 1. The summed E-state index contributed by atoms with van der Waals surface area (Å²) in [6, 6.07) is 0. The van der Waals surface area contributed by atoms with E-state index < -0.39 is 0 Å². The van der Waals surface area contributed by atoms with Gasteiger partial charge in [-0.3, -0.25) is 0 Å². The third kappa shape index (κ3) is 4.82. The van der Waals surface area contributed by atoms with Crippen LogP contribution in [-0.2, 0) is 4.74 Å². The summed E-state index contributed by atoms with van der Waals surface area (Å²) < 4.78 is 6.00. The summed E-state index contributed by atoms with van der Waals surface area (Å²) in [6.45, 7) is 10.9. The fraction of sp³-hybridized carbons (Fsp3) is 0.700. The molecule has 0 radical (unpaired) electrons. The molecule has 2 aliphatic rings. The van der Waals surface area contributed by atoms with E-state index in [2.05, 4.69) is 39.5 Å². The summed E-state index contributed by atoms with van der Waals surface area (Å²) in [5.74, 6) is 0.375. The van der Waals surface area contributed by atoms with Crippen molar-refractivity contribution >= 4 is 0 Å². The molecule has 0 unspecified atom stereocenters. The van der Waals surface area contributed by atoms with Crippen LogP contribution in [0.2, 0.25) is 0 Å². The van der Waals surface area contributed by atoms with Crippen molar-refractivity contribution in [3.63, 3.8) is 0 Å². The number of ether oxygens (including phenoxy) is 1. The minimum absolute atomic E-state index is 0.0414. The zero-order valence-corrected chi connectivity index (χ0v) is 14.5. The fourth-order valence-electron chi connectivity index (χ4n) is 3.44. The maximum Gasteiger partial charge on any atom is 0.0923 e. The number of aliphatic hydroxyl groups excluding tert-OH is 1.